The topological polar surface area (TPSA) is 20.3 Å². The first-order valence-electron chi connectivity index (χ1n) is 8.17. The SMILES string of the molecule is CC(C)CN(/C=C/C(=O)C(F)(F)C(F)(F)C(F)(F)C(F)(F)C(F)(F)F)CC(C)C. The van der Waals surface area contributed by atoms with Crippen molar-refractivity contribution in [3.05, 3.63) is 12.3 Å². The number of carbonyl (C=O) groups is 1. The van der Waals surface area contributed by atoms with E-state index in [0.29, 0.717) is 6.20 Å². The van der Waals surface area contributed by atoms with Gasteiger partial charge in [-0.15, -0.1) is 0 Å². The zero-order valence-electron chi connectivity index (χ0n) is 15.7. The Balaban J connectivity index is 5.92. The minimum absolute atomic E-state index is 0.106. The number of allylic oxidation sites excluding steroid dienone is 1. The maximum absolute atomic E-state index is 13.6. The van der Waals surface area contributed by atoms with Gasteiger partial charge in [-0.05, 0) is 11.8 Å². The summed E-state index contributed by atoms with van der Waals surface area (Å²) in [7, 11) is 0. The summed E-state index contributed by atoms with van der Waals surface area (Å²) >= 11 is 0. The second-order valence-electron chi connectivity index (χ2n) is 7.22. The maximum atomic E-state index is 13.6. The van der Waals surface area contributed by atoms with Crippen molar-refractivity contribution in [3.63, 3.8) is 0 Å². The Bertz CT molecular complexity index is 584. The lowest BCUT2D eigenvalue weighted by Crippen LogP contribution is -2.67. The summed E-state index contributed by atoms with van der Waals surface area (Å²) in [5.74, 6) is -32.2. The molecule has 0 rings (SSSR count). The molecule has 0 amide bonds. The predicted molar refractivity (Wildman–Crippen MR) is 81.2 cm³/mol. The Morgan fingerprint density at radius 3 is 1.41 bits per heavy atom. The third kappa shape index (κ3) is 5.53. The summed E-state index contributed by atoms with van der Waals surface area (Å²) in [4.78, 5) is 12.6. The molecule has 0 heterocycles. The van der Waals surface area contributed by atoms with Crippen LogP contribution in [0.15, 0.2) is 12.3 Å². The van der Waals surface area contributed by atoms with Crippen LogP contribution in [0.4, 0.5) is 48.3 Å². The molecule has 0 radical (unpaired) electrons. The number of rotatable bonds is 10. The van der Waals surface area contributed by atoms with Crippen LogP contribution in [0.2, 0.25) is 0 Å². The monoisotopic (exact) mass is 451 g/mol. The number of halogens is 11. The summed E-state index contributed by atoms with van der Waals surface area (Å²) in [6, 6.07) is 0. The van der Waals surface area contributed by atoms with Crippen LogP contribution < -0.4 is 0 Å². The molecule has 29 heavy (non-hydrogen) atoms. The van der Waals surface area contributed by atoms with E-state index in [0.717, 1.165) is 0 Å². The molecule has 0 aliphatic heterocycles. The Morgan fingerprint density at radius 1 is 0.724 bits per heavy atom. The van der Waals surface area contributed by atoms with Crippen molar-refractivity contribution < 1.29 is 53.1 Å². The molecule has 0 aliphatic rings. The number of hydrogen-bond acceptors (Lipinski definition) is 2. The lowest BCUT2D eigenvalue weighted by atomic mass is 9.95. The van der Waals surface area contributed by atoms with Crippen LogP contribution in [0, 0.1) is 11.8 Å². The minimum atomic E-state index is -7.60. The zero-order chi connectivity index (χ0) is 23.6. The fourth-order valence-corrected chi connectivity index (χ4v) is 2.14. The number of carbonyl (C=O) groups excluding carboxylic acids is 1. The first kappa shape index (κ1) is 27.4. The molecule has 0 N–H and O–H groups in total. The van der Waals surface area contributed by atoms with Gasteiger partial charge < -0.3 is 4.90 Å². The molecule has 0 aromatic carbocycles. The predicted octanol–water partition coefficient (Wildman–Crippen LogP) is 5.79. The Labute approximate surface area is 159 Å². The molecular formula is C16H20F11NO. The molecule has 0 bridgehead atoms. The second kappa shape index (κ2) is 8.66. The van der Waals surface area contributed by atoms with Crippen LogP contribution in [0.1, 0.15) is 27.7 Å². The fourth-order valence-electron chi connectivity index (χ4n) is 2.14. The van der Waals surface area contributed by atoms with Crippen LogP contribution in [0.5, 0.6) is 0 Å². The van der Waals surface area contributed by atoms with Crippen molar-refractivity contribution >= 4 is 5.78 Å². The van der Waals surface area contributed by atoms with E-state index in [2.05, 4.69) is 0 Å². The molecule has 0 saturated carbocycles. The second-order valence-corrected chi connectivity index (χ2v) is 7.22. The lowest BCUT2D eigenvalue weighted by molar-refractivity contribution is -0.416. The van der Waals surface area contributed by atoms with Crippen molar-refractivity contribution in [3.8, 4) is 0 Å². The van der Waals surface area contributed by atoms with Gasteiger partial charge in [0.2, 0.25) is 5.78 Å². The van der Waals surface area contributed by atoms with Gasteiger partial charge in [0, 0.05) is 25.4 Å². The highest BCUT2D eigenvalue weighted by Gasteiger charge is 2.88. The molecule has 0 aromatic heterocycles. The van der Waals surface area contributed by atoms with Crippen LogP contribution in [-0.4, -0.2) is 53.6 Å². The Morgan fingerprint density at radius 2 is 1.10 bits per heavy atom. The van der Waals surface area contributed by atoms with Gasteiger partial charge in [-0.25, -0.2) is 0 Å². The van der Waals surface area contributed by atoms with Crippen molar-refractivity contribution in [2.45, 2.75) is 57.6 Å². The highest BCUT2D eigenvalue weighted by atomic mass is 19.4. The molecule has 0 atom stereocenters. The zero-order valence-corrected chi connectivity index (χ0v) is 15.7. The van der Waals surface area contributed by atoms with Gasteiger partial charge in [-0.1, -0.05) is 27.7 Å². The van der Waals surface area contributed by atoms with Crippen molar-refractivity contribution in [1.29, 1.82) is 0 Å². The highest BCUT2D eigenvalue weighted by molar-refractivity contribution is 5.96. The average Bonchev–Trinajstić information content (AvgIpc) is 2.49. The molecule has 2 nitrogen and oxygen atoms in total. The van der Waals surface area contributed by atoms with E-state index in [-0.39, 0.29) is 31.0 Å². The normalized spacial score (nSPS) is 14.9. The van der Waals surface area contributed by atoms with Crippen molar-refractivity contribution in [1.82, 2.24) is 4.90 Å². The Kier molecular flexibility index (Phi) is 8.20. The van der Waals surface area contributed by atoms with Gasteiger partial charge in [0.1, 0.15) is 0 Å². The number of alkyl halides is 11. The summed E-state index contributed by atoms with van der Waals surface area (Å²) in [6.45, 7) is 6.95. The van der Waals surface area contributed by atoms with Gasteiger partial charge in [-0.3, -0.25) is 4.79 Å². The van der Waals surface area contributed by atoms with E-state index in [1.165, 1.54) is 4.90 Å². The molecule has 0 unspecified atom stereocenters. The smallest absolute Gasteiger partial charge is 0.377 e. The summed E-state index contributed by atoms with van der Waals surface area (Å²) < 4.78 is 142. The first-order chi connectivity index (χ1) is 12.6. The molecule has 0 aromatic rings. The van der Waals surface area contributed by atoms with Crippen LogP contribution in [0.3, 0.4) is 0 Å². The van der Waals surface area contributed by atoms with E-state index in [4.69, 9.17) is 0 Å². The number of nitrogens with zero attached hydrogens (tertiary/aromatic N) is 1. The maximum Gasteiger partial charge on any atom is 0.460 e. The largest absolute Gasteiger partial charge is 0.460 e. The van der Waals surface area contributed by atoms with E-state index in [1.807, 2.05) is 0 Å². The van der Waals surface area contributed by atoms with Gasteiger partial charge in [-0.2, -0.15) is 48.3 Å². The standard InChI is InChI=1S/C16H20F11NO/c1-9(2)7-28(8-10(3)4)6-5-11(29)12(17,18)13(19,20)14(21,22)15(23,24)16(25,26)27/h5-6,9-10H,7-8H2,1-4H3/b6-5+. The van der Waals surface area contributed by atoms with Crippen molar-refractivity contribution in [2.24, 2.45) is 11.8 Å². The van der Waals surface area contributed by atoms with Crippen LogP contribution in [0.25, 0.3) is 0 Å². The minimum Gasteiger partial charge on any atom is -0.377 e. The third-order valence-corrected chi connectivity index (χ3v) is 3.48. The van der Waals surface area contributed by atoms with E-state index >= 15 is 0 Å². The van der Waals surface area contributed by atoms with Gasteiger partial charge in [0.15, 0.2) is 0 Å². The highest BCUT2D eigenvalue weighted by Crippen LogP contribution is 2.57. The Hall–Kier alpha value is -1.56. The summed E-state index contributed by atoms with van der Waals surface area (Å²) in [6.07, 6.45) is -6.94. The van der Waals surface area contributed by atoms with Gasteiger partial charge in [0.05, 0.1) is 0 Å². The molecule has 0 saturated heterocycles. The summed E-state index contributed by atoms with van der Waals surface area (Å²) in [5.41, 5.74) is 0. The summed E-state index contributed by atoms with van der Waals surface area (Å²) in [5, 5.41) is 0. The quantitative estimate of drug-likeness (QED) is 0.310. The first-order valence-corrected chi connectivity index (χ1v) is 8.17. The van der Waals surface area contributed by atoms with E-state index < -0.39 is 35.6 Å². The van der Waals surface area contributed by atoms with Gasteiger partial charge >= 0.3 is 29.9 Å². The molecule has 13 heteroatoms. The third-order valence-electron chi connectivity index (χ3n) is 3.48. The molecule has 0 spiro atoms. The fraction of sp³-hybridized carbons (Fsp3) is 0.812. The van der Waals surface area contributed by atoms with E-state index in [9.17, 15) is 53.1 Å². The number of ketones is 1. The van der Waals surface area contributed by atoms with Crippen molar-refractivity contribution in [2.75, 3.05) is 13.1 Å². The van der Waals surface area contributed by atoms with Crippen LogP contribution >= 0.6 is 0 Å². The lowest BCUT2D eigenvalue weighted by Gasteiger charge is -2.36. The van der Waals surface area contributed by atoms with E-state index in [1.54, 1.807) is 27.7 Å². The molecule has 0 aliphatic carbocycles. The number of hydrogen-bond donors (Lipinski definition) is 0. The van der Waals surface area contributed by atoms with Crippen LogP contribution in [-0.2, 0) is 4.79 Å². The molecule has 0 fully saturated rings. The average molecular weight is 451 g/mol. The molecular weight excluding hydrogens is 431 g/mol. The molecule has 172 valence electrons. The van der Waals surface area contributed by atoms with Gasteiger partial charge in [0.25, 0.3) is 0 Å².